The molecule has 1 aliphatic carbocycles. The quantitative estimate of drug-likeness (QED) is 0.303. The van der Waals surface area contributed by atoms with E-state index in [1.165, 1.54) is 45.6 Å². The van der Waals surface area contributed by atoms with E-state index in [0.717, 1.165) is 24.5 Å². The van der Waals surface area contributed by atoms with Crippen LogP contribution in [0.2, 0.25) is 0 Å². The molecule has 0 radical (unpaired) electrons. The number of nitrogens with zero attached hydrogens (tertiary/aromatic N) is 4. The van der Waals surface area contributed by atoms with Gasteiger partial charge in [0.05, 0.1) is 0 Å². The van der Waals surface area contributed by atoms with Crippen molar-refractivity contribution in [3.05, 3.63) is 95.8 Å². The van der Waals surface area contributed by atoms with Gasteiger partial charge in [0.2, 0.25) is 0 Å². The molecule has 36 heavy (non-hydrogen) atoms. The van der Waals surface area contributed by atoms with E-state index in [9.17, 15) is 0 Å². The Hall–Kier alpha value is -3.66. The fourth-order valence-electron chi connectivity index (χ4n) is 7.75. The summed E-state index contributed by atoms with van der Waals surface area (Å²) < 4.78 is 0. The summed E-state index contributed by atoms with van der Waals surface area (Å²) in [6.45, 7) is 9.23. The summed E-state index contributed by atoms with van der Waals surface area (Å²) in [4.78, 5) is 14.9. The van der Waals surface area contributed by atoms with Crippen LogP contribution < -0.4 is 9.80 Å². The summed E-state index contributed by atoms with van der Waals surface area (Å²) in [6, 6.07) is 24.5. The van der Waals surface area contributed by atoms with Crippen molar-refractivity contribution in [2.24, 2.45) is 5.41 Å². The maximum absolute atomic E-state index is 4.94. The van der Waals surface area contributed by atoms with Crippen molar-refractivity contribution in [1.29, 1.82) is 0 Å². The molecule has 3 unspecified atom stereocenters. The van der Waals surface area contributed by atoms with Crippen LogP contribution in [-0.4, -0.2) is 16.1 Å². The van der Waals surface area contributed by atoms with Gasteiger partial charge in [-0.3, -0.25) is 0 Å². The van der Waals surface area contributed by atoms with Gasteiger partial charge in [0.25, 0.3) is 0 Å². The van der Waals surface area contributed by atoms with Crippen LogP contribution in [0.5, 0.6) is 0 Å². The zero-order valence-electron chi connectivity index (χ0n) is 21.5. The van der Waals surface area contributed by atoms with Crippen molar-refractivity contribution in [3.63, 3.8) is 0 Å². The van der Waals surface area contributed by atoms with Crippen molar-refractivity contribution in [3.8, 4) is 11.1 Å². The van der Waals surface area contributed by atoms with Gasteiger partial charge in [0.15, 0.2) is 11.6 Å². The van der Waals surface area contributed by atoms with Crippen molar-refractivity contribution in [2.45, 2.75) is 58.5 Å². The molecule has 4 nitrogen and oxygen atoms in total. The van der Waals surface area contributed by atoms with Gasteiger partial charge in [0, 0.05) is 34.6 Å². The first-order chi connectivity index (χ1) is 17.6. The lowest BCUT2D eigenvalue weighted by molar-refractivity contribution is 0.311. The van der Waals surface area contributed by atoms with Crippen LogP contribution in [0, 0.1) is 19.3 Å². The largest absolute Gasteiger partial charge is 0.301 e. The number of anilines is 4. The molecule has 2 aliphatic heterocycles. The Morgan fingerprint density at radius 1 is 0.806 bits per heavy atom. The van der Waals surface area contributed by atoms with E-state index in [4.69, 9.17) is 9.97 Å². The zero-order chi connectivity index (χ0) is 24.7. The van der Waals surface area contributed by atoms with E-state index >= 15 is 0 Å². The molecule has 0 amide bonds. The minimum atomic E-state index is 0.151. The molecule has 3 atom stereocenters. The first-order valence-corrected chi connectivity index (χ1v) is 13.2. The minimum Gasteiger partial charge on any atom is -0.301 e. The van der Waals surface area contributed by atoms with E-state index < -0.39 is 0 Å². The second kappa shape index (κ2) is 7.42. The van der Waals surface area contributed by atoms with Crippen LogP contribution in [0.3, 0.4) is 0 Å². The predicted molar refractivity (Wildman–Crippen MR) is 147 cm³/mol. The first kappa shape index (κ1) is 21.6. The van der Waals surface area contributed by atoms with Crippen LogP contribution in [0.15, 0.2) is 79.1 Å². The Morgan fingerprint density at radius 2 is 1.44 bits per heavy atom. The average molecular weight is 473 g/mol. The summed E-state index contributed by atoms with van der Waals surface area (Å²) in [6.07, 6.45) is 7.32. The summed E-state index contributed by atoms with van der Waals surface area (Å²) in [5, 5.41) is 0. The normalized spacial score (nSPS) is 25.2. The summed E-state index contributed by atoms with van der Waals surface area (Å²) in [5.41, 5.74) is 9.52. The van der Waals surface area contributed by atoms with Crippen LogP contribution in [0.1, 0.15) is 49.8 Å². The van der Waals surface area contributed by atoms with E-state index in [-0.39, 0.29) is 17.0 Å². The van der Waals surface area contributed by atoms with Gasteiger partial charge in [-0.2, -0.15) is 0 Å². The van der Waals surface area contributed by atoms with Crippen molar-refractivity contribution >= 4 is 23.0 Å². The molecule has 0 bridgehead atoms. The molecule has 3 aromatic carbocycles. The fourth-order valence-corrected chi connectivity index (χ4v) is 7.75. The molecule has 0 saturated heterocycles. The lowest BCUT2D eigenvalue weighted by atomic mass is 9.76. The highest BCUT2D eigenvalue weighted by Crippen LogP contribution is 2.77. The predicted octanol–water partition coefficient (Wildman–Crippen LogP) is 7.84. The minimum absolute atomic E-state index is 0.151. The molecule has 1 saturated carbocycles. The van der Waals surface area contributed by atoms with Gasteiger partial charge < -0.3 is 9.80 Å². The van der Waals surface area contributed by atoms with E-state index in [0.29, 0.717) is 0 Å². The molecule has 1 aromatic heterocycles. The summed E-state index contributed by atoms with van der Waals surface area (Å²) >= 11 is 0. The number of aryl methyl sites for hydroxylation is 2. The molecule has 3 aliphatic rings. The third-order valence-electron chi connectivity index (χ3n) is 9.32. The summed E-state index contributed by atoms with van der Waals surface area (Å²) in [5.74, 6) is 1.94. The lowest BCUT2D eigenvalue weighted by Crippen LogP contribution is -2.51. The van der Waals surface area contributed by atoms with Gasteiger partial charge in [-0.05, 0) is 79.1 Å². The Kier molecular flexibility index (Phi) is 4.46. The molecule has 0 spiro atoms. The van der Waals surface area contributed by atoms with E-state index in [1.54, 1.807) is 0 Å². The second-order valence-corrected chi connectivity index (χ2v) is 10.8. The monoisotopic (exact) mass is 472 g/mol. The SMILES string of the molecule is CCC12CC1(CC)C1N(c3cc(C)c(-c4ccccc4)c(C)c3)c3nccnc3N1c1ccccc12. The average Bonchev–Trinajstić information content (AvgIpc) is 3.49. The highest BCUT2D eigenvalue weighted by Gasteiger charge is 2.76. The van der Waals surface area contributed by atoms with Gasteiger partial charge in [0.1, 0.15) is 6.17 Å². The molecule has 0 N–H and O–H groups in total. The first-order valence-electron chi connectivity index (χ1n) is 13.2. The van der Waals surface area contributed by atoms with E-state index in [1.807, 2.05) is 12.4 Å². The standard InChI is InChI=1S/C32H32N4/c1-5-31-20-32(31,6-2)30-35(24-18-21(3)27(22(4)19-24)23-12-8-7-9-13-23)28-29(34-17-16-33-28)36(30)26-15-11-10-14-25(26)31/h7-19,30H,5-6,20H2,1-4H3. The van der Waals surface area contributed by atoms with Crippen LogP contribution in [0.25, 0.3) is 11.1 Å². The topological polar surface area (TPSA) is 32.3 Å². The van der Waals surface area contributed by atoms with Crippen molar-refractivity contribution in [2.75, 3.05) is 9.80 Å². The Labute approximate surface area is 213 Å². The van der Waals surface area contributed by atoms with Crippen LogP contribution in [-0.2, 0) is 5.41 Å². The third-order valence-corrected chi connectivity index (χ3v) is 9.32. The molecule has 180 valence electrons. The van der Waals surface area contributed by atoms with E-state index in [2.05, 4.69) is 104 Å². The lowest BCUT2D eigenvalue weighted by Gasteiger charge is -2.46. The summed E-state index contributed by atoms with van der Waals surface area (Å²) in [7, 11) is 0. The van der Waals surface area contributed by atoms with Gasteiger partial charge >= 0.3 is 0 Å². The second-order valence-electron chi connectivity index (χ2n) is 10.8. The number of aromatic nitrogens is 2. The Morgan fingerprint density at radius 3 is 2.11 bits per heavy atom. The molecule has 4 heteroatoms. The number of hydrogen-bond donors (Lipinski definition) is 0. The van der Waals surface area contributed by atoms with Crippen LogP contribution in [0.4, 0.5) is 23.0 Å². The number of hydrogen-bond acceptors (Lipinski definition) is 4. The maximum atomic E-state index is 4.94. The molecule has 7 rings (SSSR count). The number of benzene rings is 3. The van der Waals surface area contributed by atoms with Crippen molar-refractivity contribution in [1.82, 2.24) is 9.97 Å². The van der Waals surface area contributed by atoms with Crippen molar-refractivity contribution < 1.29 is 0 Å². The highest BCUT2D eigenvalue weighted by molar-refractivity contribution is 5.89. The number of para-hydroxylation sites is 1. The van der Waals surface area contributed by atoms with Gasteiger partial charge in [-0.25, -0.2) is 9.97 Å². The molecule has 4 aromatic rings. The van der Waals surface area contributed by atoms with Gasteiger partial charge in [-0.1, -0.05) is 62.4 Å². The Balaban J connectivity index is 1.46. The third kappa shape index (κ3) is 2.54. The highest BCUT2D eigenvalue weighted by atomic mass is 15.5. The molecule has 1 fully saturated rings. The molecular formula is C32H32N4. The fraction of sp³-hybridized carbons (Fsp3) is 0.312. The molecular weight excluding hydrogens is 440 g/mol. The molecule has 3 heterocycles. The number of fused-ring (bicyclic) bond motifs is 8. The van der Waals surface area contributed by atoms with Gasteiger partial charge in [-0.15, -0.1) is 0 Å². The van der Waals surface area contributed by atoms with Crippen LogP contribution >= 0.6 is 0 Å². The smallest absolute Gasteiger partial charge is 0.178 e. The Bertz CT molecular complexity index is 1470. The maximum Gasteiger partial charge on any atom is 0.178 e. The zero-order valence-corrected chi connectivity index (χ0v) is 21.5. The number of rotatable bonds is 4.